The number of hydrogen-bond acceptors (Lipinski definition) is 5. The van der Waals surface area contributed by atoms with E-state index >= 15 is 0 Å². The van der Waals surface area contributed by atoms with Crippen LogP contribution in [0.4, 0.5) is 0 Å². The lowest BCUT2D eigenvalue weighted by atomic mass is 10.2. The molecule has 0 aromatic rings. The van der Waals surface area contributed by atoms with Crippen molar-refractivity contribution in [2.24, 2.45) is 5.92 Å². The van der Waals surface area contributed by atoms with E-state index in [4.69, 9.17) is 9.47 Å². The molecule has 0 heterocycles. The Kier molecular flexibility index (Phi) is 7.93. The number of rotatable bonds is 7. The molecule has 5 heteroatoms. The van der Waals surface area contributed by atoms with Crippen LogP contribution in [0.15, 0.2) is 0 Å². The molecule has 0 radical (unpaired) electrons. The molecule has 0 aromatic heterocycles. The van der Waals surface area contributed by atoms with Gasteiger partial charge in [0.1, 0.15) is 0 Å². The first kappa shape index (κ1) is 13.7. The molecule has 0 N–H and O–H groups in total. The zero-order valence-electron chi connectivity index (χ0n) is 9.11. The monoisotopic (exact) mass is 222 g/mol. The van der Waals surface area contributed by atoms with Gasteiger partial charge in [0.2, 0.25) is 0 Å². The maximum Gasteiger partial charge on any atom is 0.309 e. The molecule has 14 heavy (non-hydrogen) atoms. The number of thioether (sulfide) groups is 1. The number of carbonyl (C=O) groups excluding carboxylic acids is 1. The summed E-state index contributed by atoms with van der Waals surface area (Å²) in [5, 5.41) is 0. The van der Waals surface area contributed by atoms with Gasteiger partial charge in [0.15, 0.2) is 6.29 Å². The van der Waals surface area contributed by atoms with Gasteiger partial charge in [-0.2, -0.15) is 11.8 Å². The van der Waals surface area contributed by atoms with Gasteiger partial charge in [-0.05, 0) is 0 Å². The van der Waals surface area contributed by atoms with Crippen LogP contribution in [-0.4, -0.2) is 45.1 Å². The lowest BCUT2D eigenvalue weighted by molar-refractivity contribution is -0.144. The summed E-state index contributed by atoms with van der Waals surface area (Å²) in [4.78, 5) is 11.0. The van der Waals surface area contributed by atoms with Gasteiger partial charge in [-0.15, -0.1) is 0 Å². The minimum Gasteiger partial charge on any atom is -0.469 e. The maximum absolute atomic E-state index is 11.0. The van der Waals surface area contributed by atoms with Crippen molar-refractivity contribution in [2.45, 2.75) is 13.2 Å². The van der Waals surface area contributed by atoms with Crippen LogP contribution < -0.4 is 0 Å². The molecule has 0 aromatic carbocycles. The average Bonchev–Trinajstić information content (AvgIpc) is 2.22. The van der Waals surface area contributed by atoms with Gasteiger partial charge >= 0.3 is 5.97 Å². The first-order valence-electron chi connectivity index (χ1n) is 4.36. The Morgan fingerprint density at radius 3 is 2.21 bits per heavy atom. The summed E-state index contributed by atoms with van der Waals surface area (Å²) in [6.45, 7) is 1.84. The standard InChI is InChI=1S/C9H18O4S/c1-7(9(10)13-4)5-14-6-8(11-2)12-3/h7-8H,5-6H2,1-4H3. The van der Waals surface area contributed by atoms with E-state index in [0.29, 0.717) is 5.75 Å². The van der Waals surface area contributed by atoms with Crippen LogP contribution in [0.2, 0.25) is 0 Å². The van der Waals surface area contributed by atoms with Crippen LogP contribution in [0.1, 0.15) is 6.92 Å². The highest BCUT2D eigenvalue weighted by Crippen LogP contribution is 2.12. The second-order valence-electron chi connectivity index (χ2n) is 2.86. The Bertz CT molecular complexity index is 159. The molecule has 0 fully saturated rings. The summed E-state index contributed by atoms with van der Waals surface area (Å²) in [7, 11) is 4.59. The van der Waals surface area contributed by atoms with Crippen molar-refractivity contribution in [3.63, 3.8) is 0 Å². The van der Waals surface area contributed by atoms with E-state index in [1.165, 1.54) is 7.11 Å². The molecular weight excluding hydrogens is 204 g/mol. The lowest BCUT2D eigenvalue weighted by Crippen LogP contribution is -2.19. The van der Waals surface area contributed by atoms with Crippen LogP contribution >= 0.6 is 11.8 Å². The van der Waals surface area contributed by atoms with Crippen molar-refractivity contribution in [1.82, 2.24) is 0 Å². The topological polar surface area (TPSA) is 44.8 Å². The lowest BCUT2D eigenvalue weighted by Gasteiger charge is -2.14. The summed E-state index contributed by atoms with van der Waals surface area (Å²) >= 11 is 1.61. The van der Waals surface area contributed by atoms with Crippen LogP contribution in [0.3, 0.4) is 0 Å². The third-order valence-corrected chi connectivity index (χ3v) is 2.99. The molecule has 0 saturated carbocycles. The Morgan fingerprint density at radius 2 is 1.79 bits per heavy atom. The minimum absolute atomic E-state index is 0.0839. The number of hydrogen-bond donors (Lipinski definition) is 0. The van der Waals surface area contributed by atoms with E-state index in [0.717, 1.165) is 5.75 Å². The Balaban J connectivity index is 3.57. The van der Waals surface area contributed by atoms with Gasteiger partial charge < -0.3 is 14.2 Å². The summed E-state index contributed by atoms with van der Waals surface area (Å²) in [6.07, 6.45) is -0.204. The highest BCUT2D eigenvalue weighted by molar-refractivity contribution is 7.99. The van der Waals surface area contributed by atoms with Gasteiger partial charge in [0, 0.05) is 25.7 Å². The summed E-state index contributed by atoms with van der Waals surface area (Å²) in [6, 6.07) is 0. The highest BCUT2D eigenvalue weighted by atomic mass is 32.2. The van der Waals surface area contributed by atoms with Crippen molar-refractivity contribution >= 4 is 17.7 Å². The second-order valence-corrected chi connectivity index (χ2v) is 3.94. The van der Waals surface area contributed by atoms with Crippen LogP contribution in [0.25, 0.3) is 0 Å². The molecule has 0 rings (SSSR count). The summed E-state index contributed by atoms with van der Waals surface area (Å²) in [5.41, 5.74) is 0. The van der Waals surface area contributed by atoms with E-state index in [1.807, 2.05) is 6.92 Å². The van der Waals surface area contributed by atoms with E-state index in [-0.39, 0.29) is 18.2 Å². The molecule has 0 aliphatic heterocycles. The molecule has 1 unspecified atom stereocenters. The van der Waals surface area contributed by atoms with Gasteiger partial charge in [-0.3, -0.25) is 4.79 Å². The van der Waals surface area contributed by atoms with E-state index in [1.54, 1.807) is 26.0 Å². The SMILES string of the molecule is COC(=O)C(C)CSCC(OC)OC. The van der Waals surface area contributed by atoms with Crippen LogP contribution in [0.5, 0.6) is 0 Å². The number of esters is 1. The molecule has 0 aliphatic carbocycles. The predicted octanol–water partition coefficient (Wildman–Crippen LogP) is 1.15. The Labute approximate surface area is 89.3 Å². The molecule has 0 bridgehead atoms. The van der Waals surface area contributed by atoms with E-state index in [2.05, 4.69) is 4.74 Å². The third-order valence-electron chi connectivity index (χ3n) is 1.75. The predicted molar refractivity (Wildman–Crippen MR) is 56.3 cm³/mol. The third kappa shape index (κ3) is 5.47. The molecule has 0 saturated heterocycles. The normalized spacial score (nSPS) is 12.9. The average molecular weight is 222 g/mol. The zero-order chi connectivity index (χ0) is 11.0. The number of ether oxygens (including phenoxy) is 3. The fraction of sp³-hybridized carbons (Fsp3) is 0.889. The fourth-order valence-corrected chi connectivity index (χ4v) is 1.93. The minimum atomic E-state index is -0.204. The van der Waals surface area contributed by atoms with Crippen molar-refractivity contribution < 1.29 is 19.0 Å². The Hall–Kier alpha value is -0.260. The largest absolute Gasteiger partial charge is 0.469 e. The van der Waals surface area contributed by atoms with E-state index in [9.17, 15) is 4.79 Å². The second kappa shape index (κ2) is 8.08. The van der Waals surface area contributed by atoms with Gasteiger partial charge in [0.25, 0.3) is 0 Å². The first-order chi connectivity index (χ1) is 6.65. The molecule has 0 amide bonds. The van der Waals surface area contributed by atoms with Crippen LogP contribution in [-0.2, 0) is 19.0 Å². The number of carbonyl (C=O) groups is 1. The molecule has 0 spiro atoms. The van der Waals surface area contributed by atoms with Crippen molar-refractivity contribution in [1.29, 1.82) is 0 Å². The molecule has 1 atom stereocenters. The van der Waals surface area contributed by atoms with Crippen molar-refractivity contribution in [3.05, 3.63) is 0 Å². The first-order valence-corrected chi connectivity index (χ1v) is 5.52. The summed E-state index contributed by atoms with van der Waals surface area (Å²) in [5.74, 6) is 1.17. The summed E-state index contributed by atoms with van der Waals surface area (Å²) < 4.78 is 14.6. The van der Waals surface area contributed by atoms with Crippen molar-refractivity contribution in [2.75, 3.05) is 32.8 Å². The van der Waals surface area contributed by atoms with Gasteiger partial charge in [-0.25, -0.2) is 0 Å². The van der Waals surface area contributed by atoms with E-state index < -0.39 is 0 Å². The Morgan fingerprint density at radius 1 is 1.21 bits per heavy atom. The molecule has 4 nitrogen and oxygen atoms in total. The fourth-order valence-electron chi connectivity index (χ4n) is 0.843. The van der Waals surface area contributed by atoms with Crippen molar-refractivity contribution in [3.8, 4) is 0 Å². The smallest absolute Gasteiger partial charge is 0.309 e. The molecule has 84 valence electrons. The molecular formula is C9H18O4S. The maximum atomic E-state index is 11.0. The van der Waals surface area contributed by atoms with Gasteiger partial charge in [-0.1, -0.05) is 6.92 Å². The zero-order valence-corrected chi connectivity index (χ0v) is 9.93. The highest BCUT2D eigenvalue weighted by Gasteiger charge is 2.14. The quantitative estimate of drug-likeness (QED) is 0.477. The molecule has 0 aliphatic rings. The number of methoxy groups -OCH3 is 3. The van der Waals surface area contributed by atoms with Crippen LogP contribution in [0, 0.1) is 5.92 Å². The van der Waals surface area contributed by atoms with Gasteiger partial charge in [0.05, 0.1) is 13.0 Å².